The van der Waals surface area contributed by atoms with Crippen LogP contribution in [0, 0.1) is 0 Å². The zero-order valence-corrected chi connectivity index (χ0v) is 23.8. The Hall–Kier alpha value is -4.22. The van der Waals surface area contributed by atoms with E-state index in [1.54, 1.807) is 32.8 Å². The van der Waals surface area contributed by atoms with Crippen molar-refractivity contribution < 1.29 is 14.3 Å². The van der Waals surface area contributed by atoms with Gasteiger partial charge in [-0.05, 0) is 51.8 Å². The Bertz CT molecular complexity index is 1520. The molecule has 1 saturated carbocycles. The van der Waals surface area contributed by atoms with Crippen molar-refractivity contribution in [3.8, 4) is 0 Å². The fourth-order valence-corrected chi connectivity index (χ4v) is 5.67. The minimum Gasteiger partial charge on any atom is -0.444 e. The van der Waals surface area contributed by atoms with E-state index in [-0.39, 0.29) is 23.6 Å². The Morgan fingerprint density at radius 2 is 1.76 bits per heavy atom. The number of carbonyl (C=O) groups excluding carboxylic acids is 2. The van der Waals surface area contributed by atoms with Crippen molar-refractivity contribution in [3.63, 3.8) is 0 Å². The van der Waals surface area contributed by atoms with E-state index in [2.05, 4.69) is 20.2 Å². The van der Waals surface area contributed by atoms with E-state index in [4.69, 9.17) is 9.72 Å². The quantitative estimate of drug-likeness (QED) is 0.463. The number of hydrogen-bond donors (Lipinski definition) is 1. The lowest BCUT2D eigenvalue weighted by atomic mass is 10.1. The van der Waals surface area contributed by atoms with Crippen LogP contribution < -0.4 is 20.7 Å². The van der Waals surface area contributed by atoms with Gasteiger partial charge in [0.2, 0.25) is 11.9 Å². The largest absolute Gasteiger partial charge is 0.444 e. The number of anilines is 4. The van der Waals surface area contributed by atoms with Gasteiger partial charge < -0.3 is 24.8 Å². The third kappa shape index (κ3) is 5.55. The van der Waals surface area contributed by atoms with Crippen LogP contribution >= 0.6 is 0 Å². The molecule has 0 atom stereocenters. The standard InChI is InChI=1S/C29H36N8O4/c1-29(2,3)41-28(40)35-14-12-34(13-15-35)21-8-9-23(30-18-21)32-27-31-17-19-16-22(36-11-10-24(36)38)26(39)37(25(19)33-27)20-6-4-5-7-20/h8-9,16-18,20H,4-7,10-15H2,1-3H3,(H,30,31,32,33). The molecular formula is C29H36N8O4. The maximum Gasteiger partial charge on any atom is 0.410 e. The molecule has 3 fully saturated rings. The van der Waals surface area contributed by atoms with Crippen LogP contribution in [-0.4, -0.2) is 74.7 Å². The first-order valence-electron chi connectivity index (χ1n) is 14.3. The number of hydrogen-bond acceptors (Lipinski definition) is 9. The molecule has 216 valence electrons. The molecule has 1 N–H and O–H groups in total. The van der Waals surface area contributed by atoms with E-state index in [9.17, 15) is 14.4 Å². The number of aromatic nitrogens is 4. The lowest BCUT2D eigenvalue weighted by Crippen LogP contribution is -2.50. The number of nitrogens with zero attached hydrogens (tertiary/aromatic N) is 7. The summed E-state index contributed by atoms with van der Waals surface area (Å²) in [7, 11) is 0. The van der Waals surface area contributed by atoms with E-state index in [0.717, 1.165) is 36.8 Å². The van der Waals surface area contributed by atoms with Crippen LogP contribution in [-0.2, 0) is 9.53 Å². The van der Waals surface area contributed by atoms with Gasteiger partial charge in [0.05, 0.1) is 11.9 Å². The molecule has 0 aromatic carbocycles. The van der Waals surface area contributed by atoms with Gasteiger partial charge in [0.1, 0.15) is 22.8 Å². The van der Waals surface area contributed by atoms with Gasteiger partial charge in [-0.3, -0.25) is 14.2 Å². The highest BCUT2D eigenvalue weighted by atomic mass is 16.6. The fourth-order valence-electron chi connectivity index (χ4n) is 5.67. The minimum atomic E-state index is -0.513. The third-order valence-electron chi connectivity index (χ3n) is 7.87. The van der Waals surface area contributed by atoms with Crippen LogP contribution in [0.15, 0.2) is 35.4 Å². The monoisotopic (exact) mass is 560 g/mol. The van der Waals surface area contributed by atoms with E-state index in [1.807, 2.05) is 32.9 Å². The third-order valence-corrected chi connectivity index (χ3v) is 7.87. The molecule has 6 rings (SSSR count). The number of pyridine rings is 2. The van der Waals surface area contributed by atoms with E-state index >= 15 is 0 Å². The molecule has 0 spiro atoms. The number of β-lactam (4-membered cyclic amide) rings is 1. The SMILES string of the molecule is CC(C)(C)OC(=O)N1CCN(c2ccc(Nc3ncc4cc(N5CCC5=O)c(=O)n(C5CCCC5)c4n3)nc2)CC1. The Balaban J connectivity index is 1.18. The Morgan fingerprint density at radius 3 is 2.37 bits per heavy atom. The molecule has 41 heavy (non-hydrogen) atoms. The van der Waals surface area contributed by atoms with Crippen molar-refractivity contribution in [3.05, 3.63) is 40.9 Å². The number of carbonyl (C=O) groups is 2. The minimum absolute atomic E-state index is 0.0296. The van der Waals surface area contributed by atoms with E-state index < -0.39 is 5.60 Å². The summed E-state index contributed by atoms with van der Waals surface area (Å²) in [6, 6.07) is 5.63. The predicted molar refractivity (Wildman–Crippen MR) is 156 cm³/mol. The zero-order valence-electron chi connectivity index (χ0n) is 23.8. The maximum absolute atomic E-state index is 13.6. The van der Waals surface area contributed by atoms with Crippen LogP contribution in [0.2, 0.25) is 0 Å². The lowest BCUT2D eigenvalue weighted by molar-refractivity contribution is -0.122. The molecule has 0 unspecified atom stereocenters. The normalized spacial score (nSPS) is 18.1. The van der Waals surface area contributed by atoms with Crippen LogP contribution in [0.3, 0.4) is 0 Å². The van der Waals surface area contributed by atoms with Crippen LogP contribution in [0.1, 0.15) is 58.9 Å². The smallest absolute Gasteiger partial charge is 0.410 e. The van der Waals surface area contributed by atoms with Crippen molar-refractivity contribution in [2.45, 2.75) is 64.5 Å². The molecule has 2 amide bonds. The molecular weight excluding hydrogens is 524 g/mol. The van der Waals surface area contributed by atoms with Gasteiger partial charge in [-0.2, -0.15) is 4.98 Å². The molecule has 0 radical (unpaired) electrons. The van der Waals surface area contributed by atoms with Gasteiger partial charge in [0.15, 0.2) is 0 Å². The number of rotatable bonds is 5. The first-order valence-corrected chi connectivity index (χ1v) is 14.3. The summed E-state index contributed by atoms with van der Waals surface area (Å²) in [5, 5.41) is 3.90. The highest BCUT2D eigenvalue weighted by molar-refractivity contribution is 6.00. The van der Waals surface area contributed by atoms with Crippen molar-refractivity contribution in [1.29, 1.82) is 0 Å². The predicted octanol–water partition coefficient (Wildman–Crippen LogP) is 3.84. The van der Waals surface area contributed by atoms with Crippen LogP contribution in [0.4, 0.5) is 27.9 Å². The second kappa shape index (κ2) is 10.6. The molecule has 3 aromatic rings. The molecule has 0 bridgehead atoms. The van der Waals surface area contributed by atoms with Crippen molar-refractivity contribution in [1.82, 2.24) is 24.4 Å². The average molecular weight is 561 g/mol. The number of nitrogens with one attached hydrogen (secondary N) is 1. The lowest BCUT2D eigenvalue weighted by Gasteiger charge is -2.36. The zero-order chi connectivity index (χ0) is 28.7. The maximum atomic E-state index is 13.6. The molecule has 5 heterocycles. The average Bonchev–Trinajstić information content (AvgIpc) is 3.47. The Labute approximate surface area is 238 Å². The summed E-state index contributed by atoms with van der Waals surface area (Å²) in [6.45, 7) is 8.70. The van der Waals surface area contributed by atoms with Crippen molar-refractivity contribution in [2.75, 3.05) is 47.8 Å². The first-order chi connectivity index (χ1) is 19.7. The van der Waals surface area contributed by atoms with Crippen LogP contribution in [0.5, 0.6) is 0 Å². The number of amides is 2. The number of fused-ring (bicyclic) bond motifs is 1. The Kier molecular flexibility index (Phi) is 7.00. The van der Waals surface area contributed by atoms with Crippen LogP contribution in [0.25, 0.3) is 11.0 Å². The molecule has 2 aliphatic heterocycles. The summed E-state index contributed by atoms with van der Waals surface area (Å²) < 4.78 is 7.26. The molecule has 1 aliphatic carbocycles. The summed E-state index contributed by atoms with van der Waals surface area (Å²) in [4.78, 5) is 57.3. The second-order valence-corrected chi connectivity index (χ2v) is 11.9. The highest BCUT2D eigenvalue weighted by Crippen LogP contribution is 2.32. The van der Waals surface area contributed by atoms with Gasteiger partial charge in [-0.15, -0.1) is 0 Å². The van der Waals surface area contributed by atoms with E-state index in [1.165, 1.54) is 0 Å². The summed E-state index contributed by atoms with van der Waals surface area (Å²) in [5.74, 6) is 0.902. The Morgan fingerprint density at radius 1 is 1.00 bits per heavy atom. The molecule has 12 nitrogen and oxygen atoms in total. The number of ether oxygens (including phenoxy) is 1. The van der Waals surface area contributed by atoms with Gasteiger partial charge in [-0.1, -0.05) is 12.8 Å². The van der Waals surface area contributed by atoms with Crippen molar-refractivity contribution in [2.24, 2.45) is 0 Å². The van der Waals surface area contributed by atoms with Gasteiger partial charge in [0.25, 0.3) is 5.56 Å². The number of piperazine rings is 1. The first kappa shape index (κ1) is 27.0. The van der Waals surface area contributed by atoms with E-state index in [0.29, 0.717) is 62.2 Å². The van der Waals surface area contributed by atoms with Gasteiger partial charge >= 0.3 is 6.09 Å². The fraction of sp³-hybridized carbons (Fsp3) is 0.517. The highest BCUT2D eigenvalue weighted by Gasteiger charge is 2.31. The van der Waals surface area contributed by atoms with Gasteiger partial charge in [-0.25, -0.2) is 14.8 Å². The second-order valence-electron chi connectivity index (χ2n) is 11.9. The molecule has 3 aromatic heterocycles. The topological polar surface area (TPSA) is 126 Å². The summed E-state index contributed by atoms with van der Waals surface area (Å²) in [5.41, 5.74) is 1.25. The summed E-state index contributed by atoms with van der Waals surface area (Å²) in [6.07, 6.45) is 7.62. The molecule has 12 heteroatoms. The van der Waals surface area contributed by atoms with Gasteiger partial charge in [0, 0.05) is 56.8 Å². The molecule has 3 aliphatic rings. The molecule has 2 saturated heterocycles. The van der Waals surface area contributed by atoms with Crippen molar-refractivity contribution >= 4 is 46.2 Å². The summed E-state index contributed by atoms with van der Waals surface area (Å²) >= 11 is 0.